The Morgan fingerprint density at radius 1 is 0.720 bits per heavy atom. The minimum atomic E-state index is 0.247. The van der Waals surface area contributed by atoms with E-state index in [2.05, 4.69) is 20.8 Å². The monoisotopic (exact) mass is 350 g/mol. The zero-order chi connectivity index (χ0) is 18.0. The predicted octanol–water partition coefficient (Wildman–Crippen LogP) is 7.92. The molecule has 0 unspecified atom stereocenters. The quantitative estimate of drug-likeness (QED) is 0.344. The lowest BCUT2D eigenvalue weighted by atomic mass is 9.67. The van der Waals surface area contributed by atoms with E-state index >= 15 is 0 Å². The molecule has 2 aliphatic carbocycles. The van der Waals surface area contributed by atoms with Crippen molar-refractivity contribution in [1.82, 2.24) is 0 Å². The lowest BCUT2D eigenvalue weighted by Crippen LogP contribution is -2.39. The molecule has 0 saturated heterocycles. The molecule has 0 spiro atoms. The molecule has 2 aliphatic rings. The van der Waals surface area contributed by atoms with Crippen LogP contribution >= 0.6 is 0 Å². The average Bonchev–Trinajstić information content (AvgIpc) is 2.64. The average molecular weight is 351 g/mol. The number of ether oxygens (including phenoxy) is 1. The van der Waals surface area contributed by atoms with Gasteiger partial charge in [-0.05, 0) is 69.6 Å². The Morgan fingerprint density at radius 3 is 1.96 bits per heavy atom. The Balaban J connectivity index is 1.73. The van der Waals surface area contributed by atoms with Gasteiger partial charge in [0.25, 0.3) is 0 Å². The van der Waals surface area contributed by atoms with Crippen molar-refractivity contribution in [3.05, 3.63) is 0 Å². The molecule has 2 fully saturated rings. The van der Waals surface area contributed by atoms with Gasteiger partial charge < -0.3 is 4.74 Å². The van der Waals surface area contributed by atoms with E-state index in [9.17, 15) is 0 Å². The normalized spacial score (nSPS) is 33.5. The summed E-state index contributed by atoms with van der Waals surface area (Å²) in [5, 5.41) is 0. The first-order chi connectivity index (χ1) is 12.2. The van der Waals surface area contributed by atoms with E-state index in [1.54, 1.807) is 0 Å². The van der Waals surface area contributed by atoms with Gasteiger partial charge in [-0.25, -0.2) is 0 Å². The van der Waals surface area contributed by atoms with E-state index < -0.39 is 0 Å². The summed E-state index contributed by atoms with van der Waals surface area (Å²) >= 11 is 0. The van der Waals surface area contributed by atoms with E-state index in [0.29, 0.717) is 0 Å². The molecular formula is C24H46O. The van der Waals surface area contributed by atoms with E-state index in [1.807, 2.05) is 0 Å². The second kappa shape index (κ2) is 11.6. The van der Waals surface area contributed by atoms with Crippen LogP contribution in [0.1, 0.15) is 124 Å². The van der Waals surface area contributed by atoms with E-state index in [0.717, 1.165) is 24.4 Å². The second-order valence-corrected chi connectivity index (χ2v) is 9.19. The molecule has 2 saturated carbocycles. The third-order valence-electron chi connectivity index (χ3n) is 7.38. The van der Waals surface area contributed by atoms with Gasteiger partial charge in [-0.2, -0.15) is 0 Å². The molecule has 2 rings (SSSR count). The molecule has 1 heteroatoms. The highest BCUT2D eigenvalue weighted by Gasteiger charge is 2.38. The topological polar surface area (TPSA) is 9.23 Å². The van der Waals surface area contributed by atoms with Crippen molar-refractivity contribution < 1.29 is 4.74 Å². The maximum atomic E-state index is 6.36. The number of hydrogen-bond acceptors (Lipinski definition) is 1. The first-order valence-corrected chi connectivity index (χ1v) is 11.9. The lowest BCUT2D eigenvalue weighted by Gasteiger charge is -2.44. The predicted molar refractivity (Wildman–Crippen MR) is 110 cm³/mol. The van der Waals surface area contributed by atoms with Gasteiger partial charge in [0.2, 0.25) is 0 Å². The fourth-order valence-electron chi connectivity index (χ4n) is 5.82. The summed E-state index contributed by atoms with van der Waals surface area (Å²) in [5.41, 5.74) is 0.247. The maximum absolute atomic E-state index is 6.36. The summed E-state index contributed by atoms with van der Waals surface area (Å²) in [7, 11) is 0. The van der Waals surface area contributed by atoms with Gasteiger partial charge in [0, 0.05) is 6.61 Å². The molecule has 1 nitrogen and oxygen atoms in total. The van der Waals surface area contributed by atoms with Gasteiger partial charge in [-0.3, -0.25) is 0 Å². The van der Waals surface area contributed by atoms with Gasteiger partial charge in [0.15, 0.2) is 0 Å². The zero-order valence-electron chi connectivity index (χ0n) is 17.7. The molecule has 0 bridgehead atoms. The first-order valence-electron chi connectivity index (χ1n) is 11.9. The molecule has 0 atom stereocenters. The molecule has 0 amide bonds. The number of rotatable bonds is 11. The zero-order valence-corrected chi connectivity index (χ0v) is 17.7. The third-order valence-corrected chi connectivity index (χ3v) is 7.38. The van der Waals surface area contributed by atoms with Crippen LogP contribution in [-0.2, 0) is 4.74 Å². The third kappa shape index (κ3) is 6.89. The van der Waals surface area contributed by atoms with Crippen LogP contribution in [0.4, 0.5) is 0 Å². The molecule has 0 aromatic carbocycles. The van der Waals surface area contributed by atoms with Crippen LogP contribution in [0.2, 0.25) is 0 Å². The van der Waals surface area contributed by atoms with E-state index in [4.69, 9.17) is 4.74 Å². The van der Waals surface area contributed by atoms with Crippen LogP contribution in [0.25, 0.3) is 0 Å². The van der Waals surface area contributed by atoms with Gasteiger partial charge in [0.05, 0.1) is 5.60 Å². The van der Waals surface area contributed by atoms with Crippen molar-refractivity contribution in [1.29, 1.82) is 0 Å². The van der Waals surface area contributed by atoms with Gasteiger partial charge >= 0.3 is 0 Å². The summed E-state index contributed by atoms with van der Waals surface area (Å²) < 4.78 is 6.36. The highest BCUT2D eigenvalue weighted by Crippen LogP contribution is 2.45. The second-order valence-electron chi connectivity index (χ2n) is 9.19. The van der Waals surface area contributed by atoms with Crippen LogP contribution in [0, 0.1) is 17.8 Å². The van der Waals surface area contributed by atoms with Crippen LogP contribution in [0.15, 0.2) is 0 Å². The largest absolute Gasteiger partial charge is 0.375 e. The Hall–Kier alpha value is -0.0400. The molecule has 148 valence electrons. The molecule has 0 aliphatic heterocycles. The summed E-state index contributed by atoms with van der Waals surface area (Å²) in [6.45, 7) is 7.75. The van der Waals surface area contributed by atoms with Crippen molar-refractivity contribution in [2.45, 2.75) is 129 Å². The van der Waals surface area contributed by atoms with Crippen molar-refractivity contribution >= 4 is 0 Å². The Bertz CT molecular complexity index is 321. The Labute approximate surface area is 158 Å². The summed E-state index contributed by atoms with van der Waals surface area (Å²) in [4.78, 5) is 0. The van der Waals surface area contributed by atoms with Crippen LogP contribution < -0.4 is 0 Å². The minimum absolute atomic E-state index is 0.247. The fourth-order valence-corrected chi connectivity index (χ4v) is 5.82. The Morgan fingerprint density at radius 2 is 1.36 bits per heavy atom. The Kier molecular flexibility index (Phi) is 9.89. The van der Waals surface area contributed by atoms with Gasteiger partial charge in [-0.15, -0.1) is 0 Å². The van der Waals surface area contributed by atoms with Crippen LogP contribution in [0.3, 0.4) is 0 Å². The van der Waals surface area contributed by atoms with Crippen LogP contribution in [-0.4, -0.2) is 12.2 Å². The number of unbranched alkanes of at least 4 members (excludes halogenated alkanes) is 4. The van der Waals surface area contributed by atoms with Crippen molar-refractivity contribution in [3.8, 4) is 0 Å². The standard InChI is InChI=1S/C24H46O/c1-4-7-8-9-10-18-24(25-6-3)19-16-23(17-20-24)22-14-12-21(11-5-2)13-15-22/h21-23H,4-20H2,1-3H3. The van der Waals surface area contributed by atoms with E-state index in [1.165, 1.54) is 103 Å². The van der Waals surface area contributed by atoms with Crippen molar-refractivity contribution in [3.63, 3.8) is 0 Å². The maximum Gasteiger partial charge on any atom is 0.0682 e. The van der Waals surface area contributed by atoms with Crippen molar-refractivity contribution in [2.24, 2.45) is 17.8 Å². The SMILES string of the molecule is CCCCCCCC1(OCC)CCC(C2CCC(CCC)CC2)CC1. The minimum Gasteiger partial charge on any atom is -0.375 e. The van der Waals surface area contributed by atoms with Crippen LogP contribution in [0.5, 0.6) is 0 Å². The molecule has 0 heterocycles. The lowest BCUT2D eigenvalue weighted by molar-refractivity contribution is -0.0855. The summed E-state index contributed by atoms with van der Waals surface area (Å²) in [6, 6.07) is 0. The van der Waals surface area contributed by atoms with Gasteiger partial charge in [0.1, 0.15) is 0 Å². The fraction of sp³-hybridized carbons (Fsp3) is 1.00. The van der Waals surface area contributed by atoms with E-state index in [-0.39, 0.29) is 5.60 Å². The molecule has 0 aromatic rings. The molecule has 0 aromatic heterocycles. The molecule has 0 N–H and O–H groups in total. The highest BCUT2D eigenvalue weighted by atomic mass is 16.5. The molecule has 0 radical (unpaired) electrons. The number of hydrogen-bond donors (Lipinski definition) is 0. The highest BCUT2D eigenvalue weighted by molar-refractivity contribution is 4.90. The summed E-state index contributed by atoms with van der Waals surface area (Å²) in [6.07, 6.45) is 22.8. The molecule has 25 heavy (non-hydrogen) atoms. The molecular weight excluding hydrogens is 304 g/mol. The summed E-state index contributed by atoms with van der Waals surface area (Å²) in [5.74, 6) is 3.10. The van der Waals surface area contributed by atoms with Gasteiger partial charge in [-0.1, -0.05) is 71.6 Å². The first kappa shape index (κ1) is 21.3. The van der Waals surface area contributed by atoms with Crippen molar-refractivity contribution in [2.75, 3.05) is 6.61 Å². The smallest absolute Gasteiger partial charge is 0.0682 e.